The van der Waals surface area contributed by atoms with Gasteiger partial charge in [0, 0.05) is 0 Å². The number of aryl methyl sites for hydroxylation is 3. The molecule has 0 saturated carbocycles. The van der Waals surface area contributed by atoms with E-state index in [-0.39, 0.29) is 0 Å². The van der Waals surface area contributed by atoms with Gasteiger partial charge >= 0.3 is 0 Å². The molecule has 2 aromatic heterocycles. The maximum atomic E-state index is 6.50. The van der Waals surface area contributed by atoms with Crippen LogP contribution in [0.2, 0.25) is 5.15 Å². The van der Waals surface area contributed by atoms with Crippen LogP contribution in [0.25, 0.3) is 5.69 Å². The number of halogens is 1. The number of rotatable bonds is 3. The lowest BCUT2D eigenvalue weighted by Crippen LogP contribution is -2.00. The van der Waals surface area contributed by atoms with Gasteiger partial charge in [-0.1, -0.05) is 23.7 Å². The zero-order chi connectivity index (χ0) is 15.7. The molecule has 3 aromatic rings. The molecule has 7 heteroatoms. The number of hydrogen-bond acceptors (Lipinski definition) is 4. The number of benzene rings is 1. The molecule has 0 spiro atoms. The molecule has 0 saturated heterocycles. The predicted octanol–water partition coefficient (Wildman–Crippen LogP) is 2.92. The van der Waals surface area contributed by atoms with E-state index in [0.717, 1.165) is 28.1 Å². The van der Waals surface area contributed by atoms with E-state index < -0.39 is 0 Å². The third-order valence-electron chi connectivity index (χ3n) is 3.37. The van der Waals surface area contributed by atoms with Crippen LogP contribution in [0.5, 0.6) is 0 Å². The minimum atomic E-state index is 0.531. The van der Waals surface area contributed by atoms with Crippen LogP contribution >= 0.6 is 11.6 Å². The molecular weight excluding hydrogens is 300 g/mol. The van der Waals surface area contributed by atoms with Crippen molar-refractivity contribution in [2.24, 2.45) is 5.10 Å². The van der Waals surface area contributed by atoms with E-state index in [1.807, 2.05) is 20.8 Å². The summed E-state index contributed by atoms with van der Waals surface area (Å²) >= 11 is 6.50. The van der Waals surface area contributed by atoms with Crippen LogP contribution in [0.1, 0.15) is 22.4 Å². The van der Waals surface area contributed by atoms with Gasteiger partial charge in [0.2, 0.25) is 0 Å². The molecule has 2 heterocycles. The molecule has 0 N–H and O–H groups in total. The highest BCUT2D eigenvalue weighted by molar-refractivity contribution is 6.32. The Morgan fingerprint density at radius 2 is 1.86 bits per heavy atom. The second kappa shape index (κ2) is 5.73. The minimum absolute atomic E-state index is 0.531. The van der Waals surface area contributed by atoms with Crippen molar-refractivity contribution in [3.05, 3.63) is 58.4 Å². The van der Waals surface area contributed by atoms with E-state index in [4.69, 9.17) is 11.6 Å². The molecule has 0 amide bonds. The van der Waals surface area contributed by atoms with Crippen LogP contribution in [-0.2, 0) is 0 Å². The molecule has 6 nitrogen and oxygen atoms in total. The quantitative estimate of drug-likeness (QED) is 0.698. The lowest BCUT2D eigenvalue weighted by Gasteiger charge is -2.08. The summed E-state index contributed by atoms with van der Waals surface area (Å²) < 4.78 is 3.25. The molecule has 0 fully saturated rings. The largest absolute Gasteiger partial charge is 0.221 e. The molecule has 0 aliphatic heterocycles. The van der Waals surface area contributed by atoms with Crippen LogP contribution < -0.4 is 0 Å². The first-order valence-corrected chi connectivity index (χ1v) is 7.16. The summed E-state index contributed by atoms with van der Waals surface area (Å²) in [7, 11) is 0. The number of hydrogen-bond donors (Lipinski definition) is 0. The number of aromatic nitrogens is 5. The fourth-order valence-corrected chi connectivity index (χ4v) is 2.46. The first-order chi connectivity index (χ1) is 10.6. The van der Waals surface area contributed by atoms with Crippen molar-refractivity contribution in [3.63, 3.8) is 0 Å². The lowest BCUT2D eigenvalue weighted by molar-refractivity contribution is 0.855. The van der Waals surface area contributed by atoms with E-state index in [9.17, 15) is 0 Å². The summed E-state index contributed by atoms with van der Waals surface area (Å²) in [6, 6.07) is 6.19. The molecule has 1 aromatic carbocycles. The van der Waals surface area contributed by atoms with Gasteiger partial charge in [0.1, 0.15) is 17.8 Å². The van der Waals surface area contributed by atoms with Crippen LogP contribution in [0, 0.1) is 20.8 Å². The molecule has 22 heavy (non-hydrogen) atoms. The fourth-order valence-electron chi connectivity index (χ4n) is 2.14. The SMILES string of the molecule is Cc1ccc(C)c(-n2nc(C)c(C=Nn3cnnc3)c2Cl)c1. The van der Waals surface area contributed by atoms with Gasteiger partial charge in [0.15, 0.2) is 0 Å². The van der Waals surface area contributed by atoms with Crippen molar-refractivity contribution >= 4 is 17.8 Å². The maximum Gasteiger partial charge on any atom is 0.142 e. The van der Waals surface area contributed by atoms with Gasteiger partial charge in [-0.15, -0.1) is 10.2 Å². The molecule has 112 valence electrons. The zero-order valence-corrected chi connectivity index (χ0v) is 13.3. The van der Waals surface area contributed by atoms with E-state index in [2.05, 4.69) is 38.6 Å². The van der Waals surface area contributed by atoms with Gasteiger partial charge in [-0.3, -0.25) is 0 Å². The smallest absolute Gasteiger partial charge is 0.142 e. The number of nitrogens with zero attached hydrogens (tertiary/aromatic N) is 6. The Morgan fingerprint density at radius 1 is 1.14 bits per heavy atom. The van der Waals surface area contributed by atoms with Gasteiger partial charge in [-0.25, -0.2) is 9.36 Å². The van der Waals surface area contributed by atoms with Gasteiger partial charge < -0.3 is 0 Å². The zero-order valence-electron chi connectivity index (χ0n) is 12.5. The summed E-state index contributed by atoms with van der Waals surface area (Å²) in [5, 5.41) is 16.7. The second-order valence-corrected chi connectivity index (χ2v) is 5.44. The van der Waals surface area contributed by atoms with Crippen molar-refractivity contribution in [1.29, 1.82) is 0 Å². The average Bonchev–Trinajstić information content (AvgIpc) is 3.09. The molecule has 0 aliphatic carbocycles. The first-order valence-electron chi connectivity index (χ1n) is 6.78. The highest BCUT2D eigenvalue weighted by Gasteiger charge is 2.14. The summed E-state index contributed by atoms with van der Waals surface area (Å²) in [5.41, 5.74) is 4.82. The highest BCUT2D eigenvalue weighted by Crippen LogP contribution is 2.24. The Hall–Kier alpha value is -2.47. The Morgan fingerprint density at radius 3 is 2.59 bits per heavy atom. The van der Waals surface area contributed by atoms with Crippen LogP contribution in [0.4, 0.5) is 0 Å². The predicted molar refractivity (Wildman–Crippen MR) is 85.8 cm³/mol. The van der Waals surface area contributed by atoms with E-state index >= 15 is 0 Å². The Balaban J connectivity index is 2.05. The Kier molecular flexibility index (Phi) is 3.77. The lowest BCUT2D eigenvalue weighted by atomic mass is 10.1. The van der Waals surface area contributed by atoms with Crippen LogP contribution in [0.15, 0.2) is 36.0 Å². The van der Waals surface area contributed by atoms with Gasteiger partial charge in [0.25, 0.3) is 0 Å². The van der Waals surface area contributed by atoms with E-state index in [1.54, 1.807) is 10.9 Å². The summed E-state index contributed by atoms with van der Waals surface area (Å²) in [6.07, 6.45) is 4.68. The van der Waals surface area contributed by atoms with Crippen LogP contribution in [-0.4, -0.2) is 30.9 Å². The van der Waals surface area contributed by atoms with Crippen LogP contribution in [0.3, 0.4) is 0 Å². The summed E-state index contributed by atoms with van der Waals surface area (Å²) in [4.78, 5) is 0. The maximum absolute atomic E-state index is 6.50. The topological polar surface area (TPSA) is 60.9 Å². The third-order valence-corrected chi connectivity index (χ3v) is 3.73. The normalized spacial score (nSPS) is 11.5. The van der Waals surface area contributed by atoms with Gasteiger partial charge in [0.05, 0.1) is 23.2 Å². The highest BCUT2D eigenvalue weighted by atomic mass is 35.5. The first kappa shape index (κ1) is 14.5. The molecular formula is C15H15ClN6. The van der Waals surface area contributed by atoms with Crippen molar-refractivity contribution < 1.29 is 0 Å². The Bertz CT molecular complexity index is 832. The van der Waals surface area contributed by atoms with E-state index in [1.165, 1.54) is 17.3 Å². The fraction of sp³-hybridized carbons (Fsp3) is 0.200. The van der Waals surface area contributed by atoms with Crippen molar-refractivity contribution in [2.75, 3.05) is 0 Å². The molecule has 0 radical (unpaired) electrons. The summed E-state index contributed by atoms with van der Waals surface area (Å²) in [5.74, 6) is 0. The van der Waals surface area contributed by atoms with Crippen molar-refractivity contribution in [2.45, 2.75) is 20.8 Å². The average molecular weight is 315 g/mol. The van der Waals surface area contributed by atoms with Gasteiger partial charge in [-0.2, -0.15) is 10.2 Å². The standard InChI is InChI=1S/C15H15ClN6/c1-10-4-5-11(2)14(6-10)22-15(16)13(12(3)20-22)7-19-21-8-17-18-9-21/h4-9H,1-3H3. The molecule has 0 aliphatic rings. The third kappa shape index (κ3) is 2.65. The Labute approximate surface area is 133 Å². The molecule has 0 bridgehead atoms. The molecule has 0 atom stereocenters. The summed E-state index contributed by atoms with van der Waals surface area (Å²) in [6.45, 7) is 5.98. The van der Waals surface area contributed by atoms with Gasteiger partial charge in [-0.05, 0) is 38.0 Å². The van der Waals surface area contributed by atoms with Crippen molar-refractivity contribution in [1.82, 2.24) is 24.7 Å². The van der Waals surface area contributed by atoms with E-state index in [0.29, 0.717) is 5.15 Å². The minimum Gasteiger partial charge on any atom is -0.221 e. The molecule has 0 unspecified atom stereocenters. The van der Waals surface area contributed by atoms with Crippen molar-refractivity contribution in [3.8, 4) is 5.69 Å². The monoisotopic (exact) mass is 314 g/mol. The molecule has 3 rings (SSSR count). The second-order valence-electron chi connectivity index (χ2n) is 5.08.